The SMILES string of the molecule is CC(C)C(NC(=O)Cc1ccc(Cl)c(Cl)c1)C(=O)N1CCCC1C(=O)N[C@H](C=O)CC(=O)O. The molecule has 0 bridgehead atoms. The van der Waals surface area contributed by atoms with Crippen molar-refractivity contribution in [1.82, 2.24) is 15.5 Å². The van der Waals surface area contributed by atoms with Crippen molar-refractivity contribution in [3.05, 3.63) is 33.8 Å². The number of aliphatic carboxylic acids is 1. The number of benzene rings is 1. The number of likely N-dealkylation sites (tertiary alicyclic amines) is 1. The van der Waals surface area contributed by atoms with E-state index in [1.807, 2.05) is 0 Å². The van der Waals surface area contributed by atoms with Crippen LogP contribution in [0, 0.1) is 5.92 Å². The quantitative estimate of drug-likeness (QED) is 0.420. The Hall–Kier alpha value is -2.65. The van der Waals surface area contributed by atoms with Crippen LogP contribution in [0.15, 0.2) is 18.2 Å². The molecule has 3 amide bonds. The fraction of sp³-hybridized carbons (Fsp3) is 0.500. The summed E-state index contributed by atoms with van der Waals surface area (Å²) in [5.74, 6) is -2.87. The first-order chi connectivity index (χ1) is 15.5. The number of carboxylic acid groups (broad SMARTS) is 1. The van der Waals surface area contributed by atoms with Crippen LogP contribution < -0.4 is 10.6 Å². The van der Waals surface area contributed by atoms with E-state index < -0.39 is 42.3 Å². The minimum Gasteiger partial charge on any atom is -0.481 e. The Morgan fingerprint density at radius 3 is 2.45 bits per heavy atom. The van der Waals surface area contributed by atoms with Crippen LogP contribution in [0.2, 0.25) is 10.0 Å². The molecule has 1 aliphatic rings. The maximum absolute atomic E-state index is 13.3. The third-order valence-electron chi connectivity index (χ3n) is 5.32. The molecule has 1 fully saturated rings. The van der Waals surface area contributed by atoms with Crippen molar-refractivity contribution < 1.29 is 29.1 Å². The summed E-state index contributed by atoms with van der Waals surface area (Å²) in [6.07, 6.45) is 0.741. The molecule has 0 saturated carbocycles. The van der Waals surface area contributed by atoms with E-state index >= 15 is 0 Å². The van der Waals surface area contributed by atoms with E-state index in [1.165, 1.54) is 4.90 Å². The highest BCUT2D eigenvalue weighted by Crippen LogP contribution is 2.23. The van der Waals surface area contributed by atoms with Crippen molar-refractivity contribution in [3.63, 3.8) is 0 Å². The average molecular weight is 500 g/mol. The minimum atomic E-state index is -1.23. The molecule has 33 heavy (non-hydrogen) atoms. The summed E-state index contributed by atoms with van der Waals surface area (Å²) in [5.41, 5.74) is 0.633. The van der Waals surface area contributed by atoms with Gasteiger partial charge in [0.2, 0.25) is 17.7 Å². The number of hydrogen-bond donors (Lipinski definition) is 3. The van der Waals surface area contributed by atoms with Crippen LogP contribution in [0.1, 0.15) is 38.7 Å². The van der Waals surface area contributed by atoms with Crippen LogP contribution in [-0.4, -0.2) is 64.7 Å². The molecule has 11 heteroatoms. The Labute approximate surface area is 201 Å². The van der Waals surface area contributed by atoms with Crippen molar-refractivity contribution >= 4 is 53.2 Å². The molecule has 0 aromatic heterocycles. The summed E-state index contributed by atoms with van der Waals surface area (Å²) in [6, 6.07) is 1.94. The topological polar surface area (TPSA) is 133 Å². The third-order valence-corrected chi connectivity index (χ3v) is 6.06. The molecule has 0 spiro atoms. The third kappa shape index (κ3) is 7.43. The van der Waals surface area contributed by atoms with Gasteiger partial charge in [0, 0.05) is 6.54 Å². The molecule has 2 unspecified atom stereocenters. The Kier molecular flexibility index (Phi) is 9.67. The molecule has 3 atom stereocenters. The zero-order valence-electron chi connectivity index (χ0n) is 18.3. The van der Waals surface area contributed by atoms with Gasteiger partial charge < -0.3 is 25.4 Å². The molecule has 1 heterocycles. The maximum atomic E-state index is 13.3. The summed E-state index contributed by atoms with van der Waals surface area (Å²) < 4.78 is 0. The summed E-state index contributed by atoms with van der Waals surface area (Å²) in [4.78, 5) is 61.8. The number of nitrogens with zero attached hydrogens (tertiary/aromatic N) is 1. The van der Waals surface area contributed by atoms with Gasteiger partial charge in [-0.1, -0.05) is 43.1 Å². The van der Waals surface area contributed by atoms with Crippen molar-refractivity contribution in [2.45, 2.75) is 57.7 Å². The van der Waals surface area contributed by atoms with Crippen LogP contribution in [-0.2, 0) is 30.4 Å². The Bertz CT molecular complexity index is 923. The van der Waals surface area contributed by atoms with Gasteiger partial charge in [0.1, 0.15) is 18.4 Å². The lowest BCUT2D eigenvalue weighted by Gasteiger charge is -2.31. The first-order valence-corrected chi connectivity index (χ1v) is 11.3. The summed E-state index contributed by atoms with van der Waals surface area (Å²) >= 11 is 11.9. The number of nitrogens with one attached hydrogen (secondary N) is 2. The van der Waals surface area contributed by atoms with E-state index in [-0.39, 0.29) is 18.2 Å². The number of carbonyl (C=O) groups excluding carboxylic acids is 4. The second kappa shape index (κ2) is 12.0. The molecule has 3 N–H and O–H groups in total. The van der Waals surface area contributed by atoms with Gasteiger partial charge in [-0.3, -0.25) is 19.2 Å². The lowest BCUT2D eigenvalue weighted by Crippen LogP contribution is -2.56. The van der Waals surface area contributed by atoms with Gasteiger partial charge in [-0.15, -0.1) is 0 Å². The van der Waals surface area contributed by atoms with Crippen LogP contribution in [0.25, 0.3) is 0 Å². The molecule has 180 valence electrons. The lowest BCUT2D eigenvalue weighted by atomic mass is 10.0. The van der Waals surface area contributed by atoms with Gasteiger partial charge in [0.15, 0.2) is 0 Å². The molecule has 2 rings (SSSR count). The smallest absolute Gasteiger partial charge is 0.305 e. The first kappa shape index (κ1) is 26.6. The van der Waals surface area contributed by atoms with E-state index in [0.29, 0.717) is 41.3 Å². The van der Waals surface area contributed by atoms with Gasteiger partial charge in [0.25, 0.3) is 0 Å². The van der Waals surface area contributed by atoms with Gasteiger partial charge >= 0.3 is 5.97 Å². The fourth-order valence-electron chi connectivity index (χ4n) is 3.65. The highest BCUT2D eigenvalue weighted by molar-refractivity contribution is 6.42. The van der Waals surface area contributed by atoms with Crippen molar-refractivity contribution in [3.8, 4) is 0 Å². The van der Waals surface area contributed by atoms with Crippen LogP contribution in [0.5, 0.6) is 0 Å². The van der Waals surface area contributed by atoms with E-state index in [1.54, 1.807) is 32.0 Å². The number of carboxylic acids is 1. The number of halogens is 2. The summed E-state index contributed by atoms with van der Waals surface area (Å²) in [6.45, 7) is 3.87. The zero-order valence-corrected chi connectivity index (χ0v) is 19.9. The van der Waals surface area contributed by atoms with Crippen LogP contribution >= 0.6 is 23.2 Å². The standard InChI is InChI=1S/C22H27Cl2N3O6/c1-12(2)20(26-18(29)9-13-5-6-15(23)16(24)8-13)22(33)27-7-3-4-17(27)21(32)25-14(11-28)10-19(30)31/h5-6,8,11-12,14,17,20H,3-4,7,9-10H2,1-2H3,(H,25,32)(H,26,29)(H,30,31)/t14-,17?,20?/m0/s1. The normalized spacial score (nSPS) is 17.4. The molecular weight excluding hydrogens is 473 g/mol. The van der Waals surface area contributed by atoms with Crippen LogP contribution in [0.3, 0.4) is 0 Å². The van der Waals surface area contributed by atoms with E-state index in [2.05, 4.69) is 10.6 Å². The summed E-state index contributed by atoms with van der Waals surface area (Å²) in [7, 11) is 0. The maximum Gasteiger partial charge on any atom is 0.305 e. The van der Waals surface area contributed by atoms with Crippen LogP contribution in [0.4, 0.5) is 0 Å². The number of hydrogen-bond acceptors (Lipinski definition) is 5. The zero-order chi connectivity index (χ0) is 24.7. The second-order valence-corrected chi connectivity index (χ2v) is 9.07. The molecule has 1 aliphatic heterocycles. The fourth-order valence-corrected chi connectivity index (χ4v) is 3.98. The van der Waals surface area contributed by atoms with Gasteiger partial charge in [0.05, 0.1) is 28.9 Å². The molecule has 0 radical (unpaired) electrons. The minimum absolute atomic E-state index is 0.00644. The Balaban J connectivity index is 2.07. The predicted octanol–water partition coefficient (Wildman–Crippen LogP) is 1.83. The predicted molar refractivity (Wildman–Crippen MR) is 122 cm³/mol. The molecule has 9 nitrogen and oxygen atoms in total. The largest absolute Gasteiger partial charge is 0.481 e. The number of aldehydes is 1. The Morgan fingerprint density at radius 2 is 1.88 bits per heavy atom. The van der Waals surface area contributed by atoms with E-state index in [4.69, 9.17) is 28.3 Å². The van der Waals surface area contributed by atoms with Gasteiger partial charge in [-0.2, -0.15) is 0 Å². The van der Waals surface area contributed by atoms with E-state index in [9.17, 15) is 24.0 Å². The number of amides is 3. The number of rotatable bonds is 10. The van der Waals surface area contributed by atoms with Crippen molar-refractivity contribution in [2.75, 3.05) is 6.54 Å². The molecule has 1 aromatic rings. The van der Waals surface area contributed by atoms with Crippen molar-refractivity contribution in [2.24, 2.45) is 5.92 Å². The van der Waals surface area contributed by atoms with Crippen molar-refractivity contribution in [1.29, 1.82) is 0 Å². The highest BCUT2D eigenvalue weighted by Gasteiger charge is 2.39. The molecule has 1 aromatic carbocycles. The van der Waals surface area contributed by atoms with E-state index in [0.717, 1.165) is 0 Å². The Morgan fingerprint density at radius 1 is 1.18 bits per heavy atom. The average Bonchev–Trinajstić information content (AvgIpc) is 3.23. The first-order valence-electron chi connectivity index (χ1n) is 10.5. The lowest BCUT2D eigenvalue weighted by molar-refractivity contribution is -0.143. The highest BCUT2D eigenvalue weighted by atomic mass is 35.5. The molecule has 1 saturated heterocycles. The molecule has 0 aliphatic carbocycles. The monoisotopic (exact) mass is 499 g/mol. The molecular formula is C22H27Cl2N3O6. The van der Waals surface area contributed by atoms with Gasteiger partial charge in [-0.05, 0) is 36.5 Å². The summed E-state index contributed by atoms with van der Waals surface area (Å²) in [5, 5.41) is 14.7. The van der Waals surface area contributed by atoms with Gasteiger partial charge in [-0.25, -0.2) is 0 Å². The second-order valence-electron chi connectivity index (χ2n) is 8.25. The number of carbonyl (C=O) groups is 5.